The van der Waals surface area contributed by atoms with Crippen molar-refractivity contribution in [3.63, 3.8) is 0 Å². The highest BCUT2D eigenvalue weighted by atomic mass is 16.5. The predicted octanol–water partition coefficient (Wildman–Crippen LogP) is 4.66. The van der Waals surface area contributed by atoms with E-state index in [0.717, 1.165) is 27.8 Å². The fourth-order valence-corrected chi connectivity index (χ4v) is 4.35. The van der Waals surface area contributed by atoms with Crippen molar-refractivity contribution in [2.24, 2.45) is 0 Å². The molecule has 31 heavy (non-hydrogen) atoms. The lowest BCUT2D eigenvalue weighted by Gasteiger charge is -2.22. The van der Waals surface area contributed by atoms with Gasteiger partial charge in [0.25, 0.3) is 0 Å². The van der Waals surface area contributed by atoms with Crippen LogP contribution in [-0.2, 0) is 9.47 Å². The summed E-state index contributed by atoms with van der Waals surface area (Å²) < 4.78 is 12.2. The van der Waals surface area contributed by atoms with Gasteiger partial charge in [-0.2, -0.15) is 0 Å². The average molecular weight is 416 g/mol. The lowest BCUT2D eigenvalue weighted by Crippen LogP contribution is -2.16. The maximum Gasteiger partial charge on any atom is 0.340 e. The number of methoxy groups -OCH3 is 2. The van der Waals surface area contributed by atoms with Gasteiger partial charge >= 0.3 is 11.9 Å². The molecule has 0 amide bonds. The summed E-state index contributed by atoms with van der Waals surface area (Å²) in [5, 5.41) is 0. The van der Waals surface area contributed by atoms with Gasteiger partial charge in [0.15, 0.2) is 0 Å². The quantitative estimate of drug-likeness (QED) is 0.453. The summed E-state index contributed by atoms with van der Waals surface area (Å²) in [6, 6.07) is 15.8. The van der Waals surface area contributed by atoms with E-state index in [-0.39, 0.29) is 11.1 Å². The van der Waals surface area contributed by atoms with Gasteiger partial charge in [0.1, 0.15) is 11.1 Å². The van der Waals surface area contributed by atoms with Crippen LogP contribution in [0.5, 0.6) is 0 Å². The molecule has 0 radical (unpaired) electrons. The largest absolute Gasteiger partial charge is 0.465 e. The molecule has 4 rings (SSSR count). The zero-order valence-electron chi connectivity index (χ0n) is 18.2. The molecule has 1 aromatic heterocycles. The number of hydrogen-bond donors (Lipinski definition) is 0. The van der Waals surface area contributed by atoms with Gasteiger partial charge in [-0.05, 0) is 35.7 Å². The van der Waals surface area contributed by atoms with Crippen molar-refractivity contribution in [3.05, 3.63) is 71.4 Å². The number of nitrogens with zero attached hydrogens (tertiary/aromatic N) is 2. The number of hydrogen-bond acceptors (Lipinski definition) is 5. The van der Waals surface area contributed by atoms with Gasteiger partial charge < -0.3 is 18.8 Å². The summed E-state index contributed by atoms with van der Waals surface area (Å²) in [7, 11) is 6.34. The van der Waals surface area contributed by atoms with Crippen molar-refractivity contribution in [2.75, 3.05) is 33.2 Å². The van der Waals surface area contributed by atoms with E-state index in [4.69, 9.17) is 9.47 Å². The molecule has 0 N–H and O–H groups in total. The Kier molecular flexibility index (Phi) is 5.15. The summed E-state index contributed by atoms with van der Waals surface area (Å²) in [4.78, 5) is 27.8. The molecule has 6 nitrogen and oxygen atoms in total. The molecule has 0 fully saturated rings. The summed E-state index contributed by atoms with van der Waals surface area (Å²) in [6.07, 6.45) is 1.90. The minimum Gasteiger partial charge on any atom is -0.465 e. The standard InChI is InChI=1S/C25H24N2O4/c1-15-17-13-9-10-14-27(17)23-19(18(15)16-11-7-6-8-12-16)22(26(2)3)20(24(28)30-4)21(23)25(29)31-5/h6-14H,1-5H3. The normalized spacial score (nSPS) is 11.0. The number of rotatable bonds is 4. The second-order valence-corrected chi connectivity index (χ2v) is 7.52. The Morgan fingerprint density at radius 1 is 0.839 bits per heavy atom. The maximum atomic E-state index is 13.0. The van der Waals surface area contributed by atoms with Crippen molar-refractivity contribution in [2.45, 2.75) is 6.92 Å². The number of carbonyl (C=O) groups is 2. The van der Waals surface area contributed by atoms with Crippen LogP contribution in [0.15, 0.2) is 54.7 Å². The number of carbonyl (C=O) groups excluding carboxylic acids is 2. The van der Waals surface area contributed by atoms with Crippen LogP contribution < -0.4 is 4.90 Å². The fourth-order valence-electron chi connectivity index (χ4n) is 4.35. The summed E-state index contributed by atoms with van der Waals surface area (Å²) in [6.45, 7) is 2.05. The third kappa shape index (κ3) is 3.03. The highest BCUT2D eigenvalue weighted by Gasteiger charge is 2.37. The smallest absolute Gasteiger partial charge is 0.340 e. The molecule has 0 saturated heterocycles. The Bertz CT molecular complexity index is 1270. The molecule has 2 aromatic rings. The Morgan fingerprint density at radius 3 is 2.06 bits per heavy atom. The van der Waals surface area contributed by atoms with Gasteiger partial charge in [-0.1, -0.05) is 36.4 Å². The highest BCUT2D eigenvalue weighted by Crippen LogP contribution is 2.50. The molecule has 158 valence electrons. The molecule has 2 aliphatic rings. The van der Waals surface area contributed by atoms with Crippen molar-refractivity contribution in [1.29, 1.82) is 0 Å². The van der Waals surface area contributed by atoms with E-state index >= 15 is 0 Å². The van der Waals surface area contributed by atoms with Crippen LogP contribution in [0.3, 0.4) is 0 Å². The van der Waals surface area contributed by atoms with Gasteiger partial charge in [-0.25, -0.2) is 9.59 Å². The molecule has 0 saturated carbocycles. The summed E-state index contributed by atoms with van der Waals surface area (Å²) in [5.74, 6) is -1.17. The summed E-state index contributed by atoms with van der Waals surface area (Å²) >= 11 is 0. The Morgan fingerprint density at radius 2 is 1.45 bits per heavy atom. The van der Waals surface area contributed by atoms with E-state index < -0.39 is 11.9 Å². The molecule has 6 heteroatoms. The van der Waals surface area contributed by atoms with Gasteiger partial charge in [0.2, 0.25) is 0 Å². The van der Waals surface area contributed by atoms with Crippen LogP contribution in [0.2, 0.25) is 0 Å². The van der Waals surface area contributed by atoms with Gasteiger partial charge in [-0.3, -0.25) is 0 Å². The number of fused-ring (bicyclic) bond motifs is 3. The molecule has 0 atom stereocenters. The van der Waals surface area contributed by atoms with E-state index in [1.165, 1.54) is 14.2 Å². The molecule has 1 aliphatic heterocycles. The van der Waals surface area contributed by atoms with Crippen molar-refractivity contribution >= 4 is 23.1 Å². The Labute approximate surface area is 181 Å². The number of benzene rings is 1. The SMILES string of the molecule is COC(=O)c1c(C(=O)OC)c2n3ccccc3c(C)c(-c3ccccc3)c-2c1N(C)C. The van der Waals surface area contributed by atoms with Crippen LogP contribution in [0, 0.1) is 6.92 Å². The summed E-state index contributed by atoms with van der Waals surface area (Å²) in [5.41, 5.74) is 6.40. The van der Waals surface area contributed by atoms with E-state index in [2.05, 4.69) is 6.92 Å². The minimum atomic E-state index is -0.584. The highest BCUT2D eigenvalue weighted by molar-refractivity contribution is 6.19. The van der Waals surface area contributed by atoms with E-state index in [0.29, 0.717) is 11.4 Å². The lowest BCUT2D eigenvalue weighted by atomic mass is 9.92. The van der Waals surface area contributed by atoms with Crippen LogP contribution in [0.4, 0.5) is 5.69 Å². The zero-order chi connectivity index (χ0) is 22.3. The molecule has 0 spiro atoms. The van der Waals surface area contributed by atoms with Gasteiger partial charge in [-0.15, -0.1) is 0 Å². The number of esters is 2. The first kappa shape index (κ1) is 20.5. The third-order valence-electron chi connectivity index (χ3n) is 5.60. The van der Waals surface area contributed by atoms with Crippen molar-refractivity contribution in [1.82, 2.24) is 4.40 Å². The number of aromatic nitrogens is 1. The van der Waals surface area contributed by atoms with Crippen molar-refractivity contribution < 1.29 is 19.1 Å². The van der Waals surface area contributed by atoms with Gasteiger partial charge in [0.05, 0.1) is 25.6 Å². The second-order valence-electron chi connectivity index (χ2n) is 7.52. The Hall–Kier alpha value is -3.80. The van der Waals surface area contributed by atoms with Gasteiger partial charge in [0, 0.05) is 31.4 Å². The molecule has 0 unspecified atom stereocenters. The monoisotopic (exact) mass is 416 g/mol. The molecule has 1 aliphatic carbocycles. The molecule has 0 bridgehead atoms. The third-order valence-corrected chi connectivity index (χ3v) is 5.60. The topological polar surface area (TPSA) is 60.3 Å². The number of aryl methyl sites for hydroxylation is 1. The lowest BCUT2D eigenvalue weighted by molar-refractivity contribution is 0.0557. The molecule has 2 heterocycles. The number of anilines is 1. The van der Waals surface area contributed by atoms with E-state index in [9.17, 15) is 9.59 Å². The average Bonchev–Trinajstić information content (AvgIpc) is 3.15. The van der Waals surface area contributed by atoms with Crippen LogP contribution in [0.1, 0.15) is 26.3 Å². The predicted molar refractivity (Wildman–Crippen MR) is 121 cm³/mol. The zero-order valence-corrected chi connectivity index (χ0v) is 18.2. The first-order chi connectivity index (χ1) is 14.9. The van der Waals surface area contributed by atoms with Crippen molar-refractivity contribution in [3.8, 4) is 22.4 Å². The maximum absolute atomic E-state index is 13.0. The second kappa shape index (κ2) is 7.80. The molecular formula is C25H24N2O4. The molecule has 1 aromatic carbocycles. The van der Waals surface area contributed by atoms with E-state index in [1.807, 2.05) is 78.1 Å². The molecular weight excluding hydrogens is 392 g/mol. The first-order valence-corrected chi connectivity index (χ1v) is 9.91. The Balaban J connectivity index is 2.35. The van der Waals surface area contributed by atoms with Crippen LogP contribution >= 0.6 is 0 Å². The minimum absolute atomic E-state index is 0.200. The first-order valence-electron chi connectivity index (χ1n) is 9.91. The fraction of sp³-hybridized carbons (Fsp3) is 0.200. The number of ether oxygens (including phenoxy) is 2. The van der Waals surface area contributed by atoms with Crippen LogP contribution in [0.25, 0.3) is 27.9 Å². The van der Waals surface area contributed by atoms with E-state index in [1.54, 1.807) is 0 Å². The number of pyridine rings is 2. The van der Waals surface area contributed by atoms with Crippen LogP contribution in [-0.4, -0.2) is 44.7 Å².